The average molecular weight is 200 g/mol. The molecular formula is C12H24O2. The highest BCUT2D eigenvalue weighted by atomic mass is 16.6. The number of carbonyl (C=O) groups excluding carboxylic acids is 1. The van der Waals surface area contributed by atoms with E-state index in [1.54, 1.807) is 0 Å². The Morgan fingerprint density at radius 2 is 1.71 bits per heavy atom. The maximum Gasteiger partial charge on any atom is 0.306 e. The molecule has 0 N–H and O–H groups in total. The first-order valence-electron chi connectivity index (χ1n) is 5.48. The SMILES string of the molecule is CC[C@@H](C)[C@H](C)CC(=O)OC(C)(C)C. The predicted octanol–water partition coefficient (Wildman–Crippen LogP) is 3.40. The van der Waals surface area contributed by atoms with E-state index in [0.717, 1.165) is 6.42 Å². The topological polar surface area (TPSA) is 26.3 Å². The molecule has 0 fully saturated rings. The van der Waals surface area contributed by atoms with Crippen molar-refractivity contribution < 1.29 is 9.53 Å². The smallest absolute Gasteiger partial charge is 0.306 e. The summed E-state index contributed by atoms with van der Waals surface area (Å²) < 4.78 is 5.26. The fourth-order valence-electron chi connectivity index (χ4n) is 1.25. The van der Waals surface area contributed by atoms with E-state index in [1.165, 1.54) is 0 Å². The van der Waals surface area contributed by atoms with E-state index >= 15 is 0 Å². The second-order valence-electron chi connectivity index (χ2n) is 5.15. The lowest BCUT2D eigenvalue weighted by Crippen LogP contribution is -2.25. The van der Waals surface area contributed by atoms with Crippen LogP contribution >= 0.6 is 0 Å². The molecule has 2 atom stereocenters. The number of rotatable bonds is 4. The molecule has 0 aliphatic rings. The van der Waals surface area contributed by atoms with Crippen LogP contribution in [0.3, 0.4) is 0 Å². The fourth-order valence-corrected chi connectivity index (χ4v) is 1.25. The average Bonchev–Trinajstić information content (AvgIpc) is 1.99. The molecule has 0 aromatic carbocycles. The zero-order valence-electron chi connectivity index (χ0n) is 10.4. The molecule has 0 aromatic heterocycles. The summed E-state index contributed by atoms with van der Waals surface area (Å²) in [5.74, 6) is 0.919. The van der Waals surface area contributed by atoms with E-state index in [0.29, 0.717) is 18.3 Å². The van der Waals surface area contributed by atoms with Gasteiger partial charge in [0.15, 0.2) is 0 Å². The largest absolute Gasteiger partial charge is 0.460 e. The highest BCUT2D eigenvalue weighted by Gasteiger charge is 2.20. The zero-order valence-corrected chi connectivity index (χ0v) is 10.4. The zero-order chi connectivity index (χ0) is 11.4. The van der Waals surface area contributed by atoms with Crippen LogP contribution in [0.1, 0.15) is 54.4 Å². The van der Waals surface area contributed by atoms with Crippen LogP contribution in [-0.4, -0.2) is 11.6 Å². The highest BCUT2D eigenvalue weighted by molar-refractivity contribution is 5.70. The molecule has 0 heterocycles. The Morgan fingerprint density at radius 3 is 2.07 bits per heavy atom. The predicted molar refractivity (Wildman–Crippen MR) is 59.1 cm³/mol. The standard InChI is InChI=1S/C12H24O2/c1-7-9(2)10(3)8-11(13)14-12(4,5)6/h9-10H,7-8H2,1-6H3/t9-,10-/m1/s1. The van der Waals surface area contributed by atoms with E-state index in [4.69, 9.17) is 4.74 Å². The van der Waals surface area contributed by atoms with Crippen molar-refractivity contribution in [1.82, 2.24) is 0 Å². The molecule has 0 aromatic rings. The number of esters is 1. The molecule has 0 aliphatic heterocycles. The molecule has 2 nitrogen and oxygen atoms in total. The molecule has 0 rings (SSSR count). The Bertz CT molecular complexity index is 179. The van der Waals surface area contributed by atoms with Crippen molar-refractivity contribution in [2.75, 3.05) is 0 Å². The maximum absolute atomic E-state index is 11.5. The van der Waals surface area contributed by atoms with Gasteiger partial charge in [-0.15, -0.1) is 0 Å². The normalized spacial score (nSPS) is 16.1. The third-order valence-electron chi connectivity index (χ3n) is 2.52. The molecule has 0 saturated heterocycles. The summed E-state index contributed by atoms with van der Waals surface area (Å²) in [4.78, 5) is 11.5. The molecule has 0 aliphatic carbocycles. The summed E-state index contributed by atoms with van der Waals surface area (Å²) in [7, 11) is 0. The second-order valence-corrected chi connectivity index (χ2v) is 5.15. The lowest BCUT2D eigenvalue weighted by Gasteiger charge is -2.22. The quantitative estimate of drug-likeness (QED) is 0.650. The Hall–Kier alpha value is -0.530. The lowest BCUT2D eigenvalue weighted by atomic mass is 9.91. The van der Waals surface area contributed by atoms with Crippen molar-refractivity contribution in [3.05, 3.63) is 0 Å². The lowest BCUT2D eigenvalue weighted by molar-refractivity contribution is -0.156. The third-order valence-corrected chi connectivity index (χ3v) is 2.52. The van der Waals surface area contributed by atoms with Crippen LogP contribution in [-0.2, 0) is 9.53 Å². The molecule has 84 valence electrons. The molecular weight excluding hydrogens is 176 g/mol. The van der Waals surface area contributed by atoms with Crippen molar-refractivity contribution in [3.63, 3.8) is 0 Å². The van der Waals surface area contributed by atoms with Gasteiger partial charge in [0.1, 0.15) is 5.60 Å². The Kier molecular flexibility index (Phi) is 5.17. The van der Waals surface area contributed by atoms with E-state index in [-0.39, 0.29) is 11.6 Å². The molecule has 0 saturated carbocycles. The Labute approximate surface area is 88.0 Å². The van der Waals surface area contributed by atoms with Crippen molar-refractivity contribution in [1.29, 1.82) is 0 Å². The molecule has 0 unspecified atom stereocenters. The fraction of sp³-hybridized carbons (Fsp3) is 0.917. The number of carbonyl (C=O) groups is 1. The third kappa shape index (κ3) is 6.01. The van der Waals surface area contributed by atoms with Crippen LogP contribution in [0.25, 0.3) is 0 Å². The summed E-state index contributed by atoms with van der Waals surface area (Å²) in [6, 6.07) is 0. The summed E-state index contributed by atoms with van der Waals surface area (Å²) in [6.07, 6.45) is 1.65. The summed E-state index contributed by atoms with van der Waals surface area (Å²) in [5.41, 5.74) is -0.355. The van der Waals surface area contributed by atoms with Gasteiger partial charge in [0, 0.05) is 6.42 Å². The van der Waals surface area contributed by atoms with Crippen LogP contribution in [0.2, 0.25) is 0 Å². The van der Waals surface area contributed by atoms with Gasteiger partial charge in [0.2, 0.25) is 0 Å². The summed E-state index contributed by atoms with van der Waals surface area (Å²) in [5, 5.41) is 0. The van der Waals surface area contributed by atoms with Gasteiger partial charge in [-0.25, -0.2) is 0 Å². The Balaban J connectivity index is 3.95. The number of ether oxygens (including phenoxy) is 1. The van der Waals surface area contributed by atoms with E-state index in [2.05, 4.69) is 20.8 Å². The van der Waals surface area contributed by atoms with Crippen molar-refractivity contribution in [3.8, 4) is 0 Å². The van der Waals surface area contributed by atoms with Crippen molar-refractivity contribution in [2.45, 2.75) is 60.0 Å². The van der Waals surface area contributed by atoms with Gasteiger partial charge in [-0.1, -0.05) is 27.2 Å². The van der Waals surface area contributed by atoms with Gasteiger partial charge in [0.05, 0.1) is 0 Å². The minimum Gasteiger partial charge on any atom is -0.460 e. The van der Waals surface area contributed by atoms with Gasteiger partial charge >= 0.3 is 5.97 Å². The van der Waals surface area contributed by atoms with E-state index in [9.17, 15) is 4.79 Å². The molecule has 0 amide bonds. The maximum atomic E-state index is 11.5. The van der Waals surface area contributed by atoms with Crippen LogP contribution < -0.4 is 0 Å². The van der Waals surface area contributed by atoms with Crippen LogP contribution in [0.5, 0.6) is 0 Å². The second kappa shape index (κ2) is 5.38. The van der Waals surface area contributed by atoms with Crippen LogP contribution in [0.15, 0.2) is 0 Å². The minimum absolute atomic E-state index is 0.0784. The van der Waals surface area contributed by atoms with Gasteiger partial charge in [0.25, 0.3) is 0 Å². The molecule has 0 bridgehead atoms. The summed E-state index contributed by atoms with van der Waals surface area (Å²) >= 11 is 0. The molecule has 0 spiro atoms. The molecule has 2 heteroatoms. The van der Waals surface area contributed by atoms with Gasteiger partial charge in [-0.2, -0.15) is 0 Å². The first-order chi connectivity index (χ1) is 6.26. The highest BCUT2D eigenvalue weighted by Crippen LogP contribution is 2.20. The van der Waals surface area contributed by atoms with E-state index in [1.807, 2.05) is 20.8 Å². The number of hydrogen-bond acceptors (Lipinski definition) is 2. The van der Waals surface area contributed by atoms with E-state index < -0.39 is 0 Å². The summed E-state index contributed by atoms with van der Waals surface area (Å²) in [6.45, 7) is 12.1. The van der Waals surface area contributed by atoms with Crippen molar-refractivity contribution in [2.24, 2.45) is 11.8 Å². The monoisotopic (exact) mass is 200 g/mol. The number of hydrogen-bond donors (Lipinski definition) is 0. The first kappa shape index (κ1) is 13.5. The van der Waals surface area contributed by atoms with Crippen molar-refractivity contribution >= 4 is 5.97 Å². The minimum atomic E-state index is -0.355. The van der Waals surface area contributed by atoms with Gasteiger partial charge in [-0.05, 0) is 32.6 Å². The molecule has 0 radical (unpaired) electrons. The van der Waals surface area contributed by atoms with Gasteiger partial charge in [-0.3, -0.25) is 4.79 Å². The first-order valence-corrected chi connectivity index (χ1v) is 5.48. The van der Waals surface area contributed by atoms with Gasteiger partial charge < -0.3 is 4.74 Å². The van der Waals surface area contributed by atoms with Crippen LogP contribution in [0.4, 0.5) is 0 Å². The molecule has 14 heavy (non-hydrogen) atoms. The Morgan fingerprint density at radius 1 is 1.21 bits per heavy atom. The van der Waals surface area contributed by atoms with Crippen LogP contribution in [0, 0.1) is 11.8 Å².